The maximum Gasteiger partial charge on any atom is 0.389 e. The van der Waals surface area contributed by atoms with Gasteiger partial charge in [0, 0.05) is 12.8 Å². The fourth-order valence-electron chi connectivity index (χ4n) is 0.801. The minimum Gasteiger partial charge on any atom is -0.171 e. The summed E-state index contributed by atoms with van der Waals surface area (Å²) in [6, 6.07) is 0. The number of thioether (sulfide) groups is 1. The maximum atomic E-state index is 11.7. The highest BCUT2D eigenvalue weighted by atomic mass is 32.2. The highest BCUT2D eigenvalue weighted by molar-refractivity contribution is 7.99. The molecule has 0 heterocycles. The van der Waals surface area contributed by atoms with Crippen molar-refractivity contribution in [1.29, 1.82) is 0 Å². The third kappa shape index (κ3) is 11.7. The third-order valence-corrected chi connectivity index (χ3v) is 2.09. The molecule has 0 nitrogen and oxygen atoms in total. The molecule has 0 aromatic carbocycles. The zero-order valence-corrected chi connectivity index (χ0v) is 8.81. The van der Waals surface area contributed by atoms with Gasteiger partial charge in [0.1, 0.15) is 0 Å². The second-order valence-electron chi connectivity index (χ2n) is 2.73. The molecule has 0 bridgehead atoms. The van der Waals surface area contributed by atoms with Crippen molar-refractivity contribution < 1.29 is 13.2 Å². The first-order valence-electron chi connectivity index (χ1n) is 4.45. The predicted octanol–water partition coefficient (Wildman–Crippen LogP) is 3.68. The molecular formula is C10H14F3S. The van der Waals surface area contributed by atoms with Gasteiger partial charge in [0.2, 0.25) is 0 Å². The number of unbranched alkanes of at least 4 members (excludes halogenated alkanes) is 2. The van der Waals surface area contributed by atoms with Crippen molar-refractivity contribution in [2.75, 3.05) is 11.5 Å². The first kappa shape index (κ1) is 13.7. The molecule has 0 fully saturated rings. The van der Waals surface area contributed by atoms with Crippen molar-refractivity contribution >= 4 is 11.8 Å². The lowest BCUT2D eigenvalue weighted by Crippen LogP contribution is -2.05. The van der Waals surface area contributed by atoms with E-state index in [1.54, 1.807) is 11.8 Å². The lowest BCUT2D eigenvalue weighted by molar-refractivity contribution is -0.135. The van der Waals surface area contributed by atoms with E-state index in [-0.39, 0.29) is 6.42 Å². The lowest BCUT2D eigenvalue weighted by Gasteiger charge is -2.03. The van der Waals surface area contributed by atoms with E-state index in [0.717, 1.165) is 11.5 Å². The molecular weight excluding hydrogens is 209 g/mol. The summed E-state index contributed by atoms with van der Waals surface area (Å²) in [6.45, 7) is 3.63. The van der Waals surface area contributed by atoms with E-state index >= 15 is 0 Å². The Kier molecular flexibility index (Phi) is 7.87. The van der Waals surface area contributed by atoms with Crippen LogP contribution in [0.1, 0.15) is 25.7 Å². The molecule has 0 aliphatic rings. The van der Waals surface area contributed by atoms with Crippen LogP contribution in [0.15, 0.2) is 0 Å². The molecule has 1 radical (unpaired) electrons. The normalized spacial score (nSPS) is 10.9. The summed E-state index contributed by atoms with van der Waals surface area (Å²) < 4.78 is 35.1. The molecule has 81 valence electrons. The van der Waals surface area contributed by atoms with Gasteiger partial charge >= 0.3 is 6.18 Å². The van der Waals surface area contributed by atoms with E-state index in [1.165, 1.54) is 0 Å². The van der Waals surface area contributed by atoms with E-state index in [0.29, 0.717) is 12.8 Å². The highest BCUT2D eigenvalue weighted by Crippen LogP contribution is 2.22. The van der Waals surface area contributed by atoms with Gasteiger partial charge in [-0.2, -0.15) is 13.2 Å². The Bertz CT molecular complexity index is 188. The summed E-state index contributed by atoms with van der Waals surface area (Å²) in [5.41, 5.74) is 0. The molecule has 0 aromatic rings. The number of alkyl halides is 3. The van der Waals surface area contributed by atoms with Crippen molar-refractivity contribution in [3.8, 4) is 11.8 Å². The van der Waals surface area contributed by atoms with Gasteiger partial charge in [-0.3, -0.25) is 0 Å². The Morgan fingerprint density at radius 2 is 1.86 bits per heavy atom. The molecule has 0 unspecified atom stereocenters. The van der Waals surface area contributed by atoms with Gasteiger partial charge in [0.15, 0.2) is 0 Å². The van der Waals surface area contributed by atoms with Gasteiger partial charge < -0.3 is 0 Å². The Hall–Kier alpha value is -0.300. The number of rotatable bonds is 5. The molecule has 0 spiro atoms. The Morgan fingerprint density at radius 1 is 1.14 bits per heavy atom. The first-order valence-corrected chi connectivity index (χ1v) is 5.61. The van der Waals surface area contributed by atoms with Crippen LogP contribution in [-0.2, 0) is 0 Å². The molecule has 0 amide bonds. The molecule has 0 atom stereocenters. The van der Waals surface area contributed by atoms with E-state index in [4.69, 9.17) is 0 Å². The fourth-order valence-corrected chi connectivity index (χ4v) is 1.15. The number of halogens is 3. The van der Waals surface area contributed by atoms with Gasteiger partial charge in [0.05, 0.1) is 5.75 Å². The maximum absolute atomic E-state index is 11.7. The van der Waals surface area contributed by atoms with Crippen LogP contribution in [0.3, 0.4) is 0 Å². The molecule has 0 aliphatic heterocycles. The van der Waals surface area contributed by atoms with Crippen molar-refractivity contribution in [2.45, 2.75) is 31.9 Å². The zero-order chi connectivity index (χ0) is 10.9. The third-order valence-electron chi connectivity index (χ3n) is 1.46. The summed E-state index contributed by atoms with van der Waals surface area (Å²) >= 11 is 1.61. The summed E-state index contributed by atoms with van der Waals surface area (Å²) in [7, 11) is 0. The number of hydrogen-bond acceptors (Lipinski definition) is 1. The van der Waals surface area contributed by atoms with E-state index in [2.05, 4.69) is 18.8 Å². The molecule has 0 rings (SSSR count). The van der Waals surface area contributed by atoms with Crippen molar-refractivity contribution in [1.82, 2.24) is 0 Å². The van der Waals surface area contributed by atoms with Crippen LogP contribution in [0.2, 0.25) is 0 Å². The zero-order valence-electron chi connectivity index (χ0n) is 7.99. The summed E-state index contributed by atoms with van der Waals surface area (Å²) in [4.78, 5) is 0. The van der Waals surface area contributed by atoms with Crippen LogP contribution in [-0.4, -0.2) is 17.7 Å². The van der Waals surface area contributed by atoms with Crippen LogP contribution < -0.4 is 0 Å². The van der Waals surface area contributed by atoms with Gasteiger partial charge in [-0.05, 0) is 25.5 Å². The quantitative estimate of drug-likeness (QED) is 0.506. The lowest BCUT2D eigenvalue weighted by atomic mass is 10.2. The van der Waals surface area contributed by atoms with Crippen LogP contribution >= 0.6 is 11.8 Å². The second-order valence-corrected chi connectivity index (χ2v) is 3.83. The van der Waals surface area contributed by atoms with Gasteiger partial charge in [0.25, 0.3) is 0 Å². The van der Waals surface area contributed by atoms with Crippen LogP contribution in [0.25, 0.3) is 0 Å². The molecule has 14 heavy (non-hydrogen) atoms. The van der Waals surface area contributed by atoms with Crippen LogP contribution in [0, 0.1) is 18.8 Å². The van der Waals surface area contributed by atoms with Gasteiger partial charge in [-0.15, -0.1) is 17.7 Å². The summed E-state index contributed by atoms with van der Waals surface area (Å²) in [5.74, 6) is 7.22. The Morgan fingerprint density at radius 3 is 2.43 bits per heavy atom. The molecule has 0 saturated heterocycles. The smallest absolute Gasteiger partial charge is 0.171 e. The van der Waals surface area contributed by atoms with Crippen LogP contribution in [0.5, 0.6) is 0 Å². The molecule has 4 heteroatoms. The van der Waals surface area contributed by atoms with E-state index < -0.39 is 12.6 Å². The predicted molar refractivity (Wildman–Crippen MR) is 55.0 cm³/mol. The van der Waals surface area contributed by atoms with Gasteiger partial charge in [-0.25, -0.2) is 0 Å². The second kappa shape index (κ2) is 8.05. The SMILES string of the molecule is [CH2]CSCC#CCCCCC(F)(F)F. The topological polar surface area (TPSA) is 0 Å². The Labute approximate surface area is 87.6 Å². The van der Waals surface area contributed by atoms with Crippen LogP contribution in [0.4, 0.5) is 13.2 Å². The average Bonchev–Trinajstić information content (AvgIpc) is 2.08. The standard InChI is InChI=1S/C10H14F3S/c1-2-14-9-7-5-3-4-6-8-10(11,12)13/h1-4,6,8-9H2. The van der Waals surface area contributed by atoms with E-state index in [1.807, 2.05) is 0 Å². The first-order chi connectivity index (χ1) is 6.56. The molecule has 0 N–H and O–H groups in total. The van der Waals surface area contributed by atoms with Gasteiger partial charge in [-0.1, -0.05) is 5.92 Å². The molecule has 0 aliphatic carbocycles. The largest absolute Gasteiger partial charge is 0.389 e. The average molecular weight is 223 g/mol. The number of hydrogen-bond donors (Lipinski definition) is 0. The molecule has 0 aromatic heterocycles. The summed E-state index contributed by atoms with van der Waals surface area (Å²) in [5, 5.41) is 0. The van der Waals surface area contributed by atoms with Crippen molar-refractivity contribution in [3.05, 3.63) is 6.92 Å². The molecule has 0 saturated carbocycles. The fraction of sp³-hybridized carbons (Fsp3) is 0.700. The highest BCUT2D eigenvalue weighted by Gasteiger charge is 2.25. The van der Waals surface area contributed by atoms with Crippen molar-refractivity contribution in [2.24, 2.45) is 0 Å². The minimum absolute atomic E-state index is 0.181. The monoisotopic (exact) mass is 223 g/mol. The van der Waals surface area contributed by atoms with E-state index in [9.17, 15) is 13.2 Å². The Balaban J connectivity index is 3.23. The summed E-state index contributed by atoms with van der Waals surface area (Å²) in [6.07, 6.45) is -3.44. The minimum atomic E-state index is -4.02. The van der Waals surface area contributed by atoms with Crippen molar-refractivity contribution in [3.63, 3.8) is 0 Å².